The molecule has 0 unspecified atom stereocenters. The lowest BCUT2D eigenvalue weighted by Crippen LogP contribution is -2.63. The fourth-order valence-electron chi connectivity index (χ4n) is 4.21. The molecular formula is C23H21N7O3S. The minimum atomic E-state index is -3.34. The van der Waals surface area contributed by atoms with Crippen LogP contribution in [0.5, 0.6) is 0 Å². The minimum absolute atomic E-state index is 0.118. The predicted molar refractivity (Wildman–Crippen MR) is 126 cm³/mol. The average Bonchev–Trinajstić information content (AvgIpc) is 3.26. The first kappa shape index (κ1) is 21.9. The normalized spacial score (nSPS) is 15.7. The minimum Gasteiger partial charge on any atom is -0.318 e. The Kier molecular flexibility index (Phi) is 5.07. The molecule has 1 aliphatic rings. The second-order valence-electron chi connectivity index (χ2n) is 8.53. The van der Waals surface area contributed by atoms with Crippen LogP contribution in [0.15, 0.2) is 59.8 Å². The fraction of sp³-hybridized carbons (Fsp3) is 0.261. The van der Waals surface area contributed by atoms with Crippen molar-refractivity contribution in [1.82, 2.24) is 28.6 Å². The third-order valence-electron chi connectivity index (χ3n) is 6.12. The van der Waals surface area contributed by atoms with Gasteiger partial charge in [-0.05, 0) is 30.3 Å². The summed E-state index contributed by atoms with van der Waals surface area (Å²) in [6.45, 7) is 0.378. The van der Waals surface area contributed by atoms with Gasteiger partial charge in [-0.3, -0.25) is 14.5 Å². The molecule has 0 amide bonds. The first-order chi connectivity index (χ1) is 16.2. The molecule has 0 saturated carbocycles. The van der Waals surface area contributed by atoms with E-state index in [1.54, 1.807) is 36.4 Å². The summed E-state index contributed by atoms with van der Waals surface area (Å²) >= 11 is 0. The van der Waals surface area contributed by atoms with E-state index in [1.807, 2.05) is 24.3 Å². The highest BCUT2D eigenvalue weighted by molar-refractivity contribution is 7.88. The van der Waals surface area contributed by atoms with Gasteiger partial charge in [0.15, 0.2) is 0 Å². The SMILES string of the molecule is Cn1cc(-c2cc3ncccc3c(-c3ccn(C4(CC#N)CN(S(C)(=O)=O)C4)n3)n2)ccc1=O. The molecule has 1 aliphatic heterocycles. The zero-order valence-electron chi connectivity index (χ0n) is 18.6. The number of nitrogens with zero attached hydrogens (tertiary/aromatic N) is 7. The van der Waals surface area contributed by atoms with Crippen molar-refractivity contribution in [2.24, 2.45) is 7.05 Å². The Hall–Kier alpha value is -3.88. The smallest absolute Gasteiger partial charge is 0.250 e. The van der Waals surface area contributed by atoms with E-state index in [2.05, 4.69) is 11.1 Å². The van der Waals surface area contributed by atoms with Crippen LogP contribution in [0.2, 0.25) is 0 Å². The van der Waals surface area contributed by atoms with E-state index >= 15 is 0 Å². The lowest BCUT2D eigenvalue weighted by molar-refractivity contribution is 0.0726. The van der Waals surface area contributed by atoms with Crippen LogP contribution in [0.25, 0.3) is 33.5 Å². The summed E-state index contributed by atoms with van der Waals surface area (Å²) in [5.41, 5.74) is 2.49. The molecular weight excluding hydrogens is 454 g/mol. The largest absolute Gasteiger partial charge is 0.318 e. The Morgan fingerprint density at radius 1 is 1.18 bits per heavy atom. The van der Waals surface area contributed by atoms with Crippen LogP contribution in [-0.2, 0) is 22.6 Å². The highest BCUT2D eigenvalue weighted by Crippen LogP contribution is 2.35. The molecule has 0 N–H and O–H groups in total. The van der Waals surface area contributed by atoms with E-state index in [-0.39, 0.29) is 25.1 Å². The van der Waals surface area contributed by atoms with Gasteiger partial charge in [-0.25, -0.2) is 13.4 Å². The molecule has 0 bridgehead atoms. The van der Waals surface area contributed by atoms with Crippen molar-refractivity contribution >= 4 is 20.9 Å². The topological polar surface area (TPSA) is 127 Å². The van der Waals surface area contributed by atoms with Crippen LogP contribution in [0.4, 0.5) is 0 Å². The van der Waals surface area contributed by atoms with E-state index < -0.39 is 15.6 Å². The number of hydrogen-bond donors (Lipinski definition) is 0. The van der Waals surface area contributed by atoms with Crippen molar-refractivity contribution in [2.45, 2.75) is 12.0 Å². The van der Waals surface area contributed by atoms with Gasteiger partial charge in [-0.2, -0.15) is 14.7 Å². The zero-order chi connectivity index (χ0) is 24.1. The monoisotopic (exact) mass is 475 g/mol. The third-order valence-corrected chi connectivity index (χ3v) is 7.31. The maximum absolute atomic E-state index is 11.9. The van der Waals surface area contributed by atoms with Gasteiger partial charge >= 0.3 is 0 Å². The van der Waals surface area contributed by atoms with Gasteiger partial charge < -0.3 is 4.57 Å². The quantitative estimate of drug-likeness (QED) is 0.430. The summed E-state index contributed by atoms with van der Waals surface area (Å²) in [5, 5.41) is 14.9. The molecule has 172 valence electrons. The van der Waals surface area contributed by atoms with Gasteiger partial charge in [0, 0.05) is 55.7 Å². The van der Waals surface area contributed by atoms with E-state index in [0.717, 1.165) is 22.7 Å². The van der Waals surface area contributed by atoms with Crippen LogP contribution in [0, 0.1) is 11.3 Å². The molecule has 5 rings (SSSR count). The number of aryl methyl sites for hydroxylation is 1. The van der Waals surface area contributed by atoms with E-state index in [9.17, 15) is 18.5 Å². The first-order valence-electron chi connectivity index (χ1n) is 10.5. The number of rotatable bonds is 5. The highest BCUT2D eigenvalue weighted by atomic mass is 32.2. The first-order valence-corrected chi connectivity index (χ1v) is 12.4. The lowest BCUT2D eigenvalue weighted by atomic mass is 9.89. The lowest BCUT2D eigenvalue weighted by Gasteiger charge is -2.47. The molecule has 4 aromatic heterocycles. The molecule has 0 aliphatic carbocycles. The van der Waals surface area contributed by atoms with Gasteiger partial charge in [-0.1, -0.05) is 0 Å². The van der Waals surface area contributed by atoms with Crippen LogP contribution in [0.3, 0.4) is 0 Å². The Bertz CT molecular complexity index is 1630. The fourth-order valence-corrected chi connectivity index (χ4v) is 5.16. The molecule has 0 atom stereocenters. The summed E-state index contributed by atoms with van der Waals surface area (Å²) in [7, 11) is -1.66. The van der Waals surface area contributed by atoms with Gasteiger partial charge in [0.1, 0.15) is 16.9 Å². The van der Waals surface area contributed by atoms with Crippen LogP contribution in [0.1, 0.15) is 6.42 Å². The Labute approximate surface area is 195 Å². The number of pyridine rings is 3. The van der Waals surface area contributed by atoms with Crippen molar-refractivity contribution in [1.29, 1.82) is 5.26 Å². The highest BCUT2D eigenvalue weighted by Gasteiger charge is 2.49. The molecule has 1 fully saturated rings. The van der Waals surface area contributed by atoms with Gasteiger partial charge in [0.25, 0.3) is 0 Å². The zero-order valence-corrected chi connectivity index (χ0v) is 19.4. The summed E-state index contributed by atoms with van der Waals surface area (Å²) in [6.07, 6.45) is 6.47. The second kappa shape index (κ2) is 7.86. The van der Waals surface area contributed by atoms with Crippen molar-refractivity contribution in [3.05, 3.63) is 65.3 Å². The van der Waals surface area contributed by atoms with Crippen molar-refractivity contribution in [3.63, 3.8) is 0 Å². The van der Waals surface area contributed by atoms with Crippen molar-refractivity contribution in [3.8, 4) is 28.7 Å². The van der Waals surface area contributed by atoms with E-state index in [0.29, 0.717) is 17.1 Å². The Morgan fingerprint density at radius 3 is 2.68 bits per heavy atom. The third kappa shape index (κ3) is 3.67. The number of hydrogen-bond acceptors (Lipinski definition) is 7. The van der Waals surface area contributed by atoms with Gasteiger partial charge in [0.2, 0.25) is 15.6 Å². The second-order valence-corrected chi connectivity index (χ2v) is 10.5. The number of aromatic nitrogens is 5. The summed E-state index contributed by atoms with van der Waals surface area (Å²) in [6, 6.07) is 12.8. The van der Waals surface area contributed by atoms with Crippen molar-refractivity contribution < 1.29 is 8.42 Å². The molecule has 0 radical (unpaired) electrons. The Morgan fingerprint density at radius 2 is 1.97 bits per heavy atom. The van der Waals surface area contributed by atoms with Crippen LogP contribution in [-0.4, -0.2) is 56.4 Å². The maximum atomic E-state index is 11.9. The predicted octanol–water partition coefficient (Wildman–Crippen LogP) is 1.74. The molecule has 1 saturated heterocycles. The molecule has 10 nitrogen and oxygen atoms in total. The molecule has 34 heavy (non-hydrogen) atoms. The summed E-state index contributed by atoms with van der Waals surface area (Å²) in [5.74, 6) is 0. The van der Waals surface area contributed by atoms with Crippen LogP contribution >= 0.6 is 0 Å². The van der Waals surface area contributed by atoms with Gasteiger partial charge in [-0.15, -0.1) is 0 Å². The molecule has 4 aromatic rings. The van der Waals surface area contributed by atoms with Crippen molar-refractivity contribution in [2.75, 3.05) is 19.3 Å². The average molecular weight is 476 g/mol. The molecule has 0 spiro atoms. The number of sulfonamides is 1. The Balaban J connectivity index is 1.61. The molecule has 0 aromatic carbocycles. The van der Waals surface area contributed by atoms with Crippen LogP contribution < -0.4 is 5.56 Å². The summed E-state index contributed by atoms with van der Waals surface area (Å²) in [4.78, 5) is 21.2. The standard InChI is InChI=1S/C23H21N7O3S/c1-28-13-16(5-6-21(28)31)19-12-20-17(4-3-10-25-20)22(26-19)18-7-11-30(27-18)23(8-9-24)14-29(15-23)34(2,32)33/h3-7,10-13H,8,14-15H2,1-2H3. The van der Waals surface area contributed by atoms with Gasteiger partial charge in [0.05, 0.1) is 30.0 Å². The summed E-state index contributed by atoms with van der Waals surface area (Å²) < 4.78 is 28.3. The van der Waals surface area contributed by atoms with E-state index in [1.165, 1.54) is 14.9 Å². The maximum Gasteiger partial charge on any atom is 0.250 e. The van der Waals surface area contributed by atoms with E-state index in [4.69, 9.17) is 10.1 Å². The number of nitriles is 1. The number of fused-ring (bicyclic) bond motifs is 1. The molecule has 11 heteroatoms. The molecule has 5 heterocycles.